The molecule has 0 spiro atoms. The van der Waals surface area contributed by atoms with E-state index in [1.807, 2.05) is 18.2 Å². The Morgan fingerprint density at radius 3 is 2.88 bits per heavy atom. The Morgan fingerprint density at radius 1 is 1.50 bits per heavy atom. The summed E-state index contributed by atoms with van der Waals surface area (Å²) in [7, 11) is 2.08. The normalized spacial score (nSPS) is 10.2. The Balaban J connectivity index is 2.59. The van der Waals surface area contributed by atoms with E-state index in [4.69, 9.17) is 5.26 Å². The van der Waals surface area contributed by atoms with Crippen molar-refractivity contribution in [1.82, 2.24) is 4.90 Å². The van der Waals surface area contributed by atoms with Crippen LogP contribution >= 0.6 is 15.9 Å². The summed E-state index contributed by atoms with van der Waals surface area (Å²) in [6.45, 7) is 4.97. The molecule has 0 aliphatic heterocycles. The SMILES string of the molecule is CCN(C)CCNc1cc(Br)ccc1C#N. The molecular formula is C12H16BrN3. The quantitative estimate of drug-likeness (QED) is 0.902. The van der Waals surface area contributed by atoms with Crippen LogP contribution in [-0.2, 0) is 0 Å². The van der Waals surface area contributed by atoms with Gasteiger partial charge in [-0.2, -0.15) is 5.26 Å². The third-order valence-electron chi connectivity index (χ3n) is 2.45. The van der Waals surface area contributed by atoms with Crippen molar-refractivity contribution in [1.29, 1.82) is 5.26 Å². The van der Waals surface area contributed by atoms with Gasteiger partial charge in [0.25, 0.3) is 0 Å². The lowest BCUT2D eigenvalue weighted by Crippen LogP contribution is -2.24. The van der Waals surface area contributed by atoms with E-state index in [2.05, 4.69) is 46.2 Å². The molecule has 0 atom stereocenters. The minimum absolute atomic E-state index is 0.683. The lowest BCUT2D eigenvalue weighted by Gasteiger charge is -2.15. The molecule has 86 valence electrons. The molecule has 0 amide bonds. The van der Waals surface area contributed by atoms with Crippen molar-refractivity contribution in [3.8, 4) is 6.07 Å². The molecule has 0 heterocycles. The molecule has 16 heavy (non-hydrogen) atoms. The highest BCUT2D eigenvalue weighted by molar-refractivity contribution is 9.10. The first-order chi connectivity index (χ1) is 7.67. The van der Waals surface area contributed by atoms with Crippen molar-refractivity contribution < 1.29 is 0 Å². The van der Waals surface area contributed by atoms with Gasteiger partial charge in [-0.1, -0.05) is 22.9 Å². The number of nitrogens with one attached hydrogen (secondary N) is 1. The van der Waals surface area contributed by atoms with E-state index in [0.29, 0.717) is 5.56 Å². The number of nitrogens with zero attached hydrogens (tertiary/aromatic N) is 2. The van der Waals surface area contributed by atoms with E-state index in [1.54, 1.807) is 0 Å². The first kappa shape index (κ1) is 13.0. The maximum Gasteiger partial charge on any atom is 0.101 e. The van der Waals surface area contributed by atoms with Crippen LogP contribution in [0.4, 0.5) is 5.69 Å². The number of halogens is 1. The van der Waals surface area contributed by atoms with Crippen LogP contribution in [-0.4, -0.2) is 31.6 Å². The zero-order chi connectivity index (χ0) is 12.0. The molecule has 1 rings (SSSR count). The van der Waals surface area contributed by atoms with Crippen LogP contribution in [0.2, 0.25) is 0 Å². The number of nitriles is 1. The molecule has 0 unspecified atom stereocenters. The Hall–Kier alpha value is -1.05. The van der Waals surface area contributed by atoms with Gasteiger partial charge in [0.05, 0.1) is 11.3 Å². The van der Waals surface area contributed by atoms with Crippen LogP contribution in [0.3, 0.4) is 0 Å². The van der Waals surface area contributed by atoms with Crippen molar-refractivity contribution in [3.05, 3.63) is 28.2 Å². The van der Waals surface area contributed by atoms with Crippen LogP contribution in [0.25, 0.3) is 0 Å². The van der Waals surface area contributed by atoms with Crippen molar-refractivity contribution in [2.24, 2.45) is 0 Å². The molecule has 1 aromatic rings. The maximum absolute atomic E-state index is 8.95. The minimum atomic E-state index is 0.683. The van der Waals surface area contributed by atoms with Crippen LogP contribution in [0.15, 0.2) is 22.7 Å². The summed E-state index contributed by atoms with van der Waals surface area (Å²) in [6, 6.07) is 7.81. The van der Waals surface area contributed by atoms with E-state index in [0.717, 1.165) is 29.8 Å². The fraction of sp³-hybridized carbons (Fsp3) is 0.417. The van der Waals surface area contributed by atoms with E-state index in [9.17, 15) is 0 Å². The van der Waals surface area contributed by atoms with Gasteiger partial charge in [0.15, 0.2) is 0 Å². The second-order valence-electron chi connectivity index (χ2n) is 3.62. The molecule has 1 aromatic carbocycles. The van der Waals surface area contributed by atoms with Crippen molar-refractivity contribution in [2.45, 2.75) is 6.92 Å². The number of likely N-dealkylation sites (N-methyl/N-ethyl adjacent to an activating group) is 1. The standard InChI is InChI=1S/C12H16BrN3/c1-3-16(2)7-6-15-12-8-11(13)5-4-10(12)9-14/h4-5,8,15H,3,6-7H2,1-2H3. The molecule has 0 saturated heterocycles. The number of rotatable bonds is 5. The molecule has 0 radical (unpaired) electrons. The Morgan fingerprint density at radius 2 is 2.25 bits per heavy atom. The molecule has 0 bridgehead atoms. The molecule has 4 heteroatoms. The molecule has 0 saturated carbocycles. The van der Waals surface area contributed by atoms with Gasteiger partial charge < -0.3 is 10.2 Å². The fourth-order valence-electron chi connectivity index (χ4n) is 1.30. The second-order valence-corrected chi connectivity index (χ2v) is 4.54. The Bertz CT molecular complexity index is 384. The van der Waals surface area contributed by atoms with Crippen molar-refractivity contribution in [2.75, 3.05) is 32.0 Å². The Labute approximate surface area is 105 Å². The number of hydrogen-bond acceptors (Lipinski definition) is 3. The van der Waals surface area contributed by atoms with E-state index in [1.165, 1.54) is 0 Å². The van der Waals surface area contributed by atoms with E-state index < -0.39 is 0 Å². The molecule has 1 N–H and O–H groups in total. The maximum atomic E-state index is 8.95. The van der Waals surface area contributed by atoms with Gasteiger partial charge in [0, 0.05) is 17.6 Å². The summed E-state index contributed by atoms with van der Waals surface area (Å²) in [5.74, 6) is 0. The molecule has 0 aliphatic rings. The van der Waals surface area contributed by atoms with Crippen LogP contribution in [0.5, 0.6) is 0 Å². The zero-order valence-corrected chi connectivity index (χ0v) is 11.2. The van der Waals surface area contributed by atoms with Crippen molar-refractivity contribution in [3.63, 3.8) is 0 Å². The lowest BCUT2D eigenvalue weighted by molar-refractivity contribution is 0.367. The summed E-state index contributed by atoms with van der Waals surface area (Å²) >= 11 is 3.40. The van der Waals surface area contributed by atoms with Crippen LogP contribution < -0.4 is 5.32 Å². The first-order valence-electron chi connectivity index (χ1n) is 5.29. The number of hydrogen-bond donors (Lipinski definition) is 1. The number of benzene rings is 1. The van der Waals surface area contributed by atoms with Gasteiger partial charge in [-0.3, -0.25) is 0 Å². The summed E-state index contributed by atoms with van der Waals surface area (Å²) in [5.41, 5.74) is 1.57. The van der Waals surface area contributed by atoms with Gasteiger partial charge in [-0.15, -0.1) is 0 Å². The van der Waals surface area contributed by atoms with E-state index >= 15 is 0 Å². The van der Waals surface area contributed by atoms with Gasteiger partial charge in [0.1, 0.15) is 6.07 Å². The van der Waals surface area contributed by atoms with Crippen LogP contribution in [0, 0.1) is 11.3 Å². The minimum Gasteiger partial charge on any atom is -0.383 e. The smallest absolute Gasteiger partial charge is 0.101 e. The topological polar surface area (TPSA) is 39.1 Å². The Kier molecular flexibility index (Phi) is 5.30. The van der Waals surface area contributed by atoms with Gasteiger partial charge in [0.2, 0.25) is 0 Å². The predicted octanol–water partition coefficient (Wildman–Crippen LogP) is 2.68. The highest BCUT2D eigenvalue weighted by Crippen LogP contribution is 2.20. The molecule has 3 nitrogen and oxygen atoms in total. The second kappa shape index (κ2) is 6.51. The summed E-state index contributed by atoms with van der Waals surface area (Å²) < 4.78 is 0.984. The number of anilines is 1. The average molecular weight is 282 g/mol. The summed E-state index contributed by atoms with van der Waals surface area (Å²) in [4.78, 5) is 2.22. The third-order valence-corrected chi connectivity index (χ3v) is 2.94. The monoisotopic (exact) mass is 281 g/mol. The zero-order valence-electron chi connectivity index (χ0n) is 9.63. The fourth-order valence-corrected chi connectivity index (χ4v) is 1.66. The van der Waals surface area contributed by atoms with E-state index in [-0.39, 0.29) is 0 Å². The predicted molar refractivity (Wildman–Crippen MR) is 70.5 cm³/mol. The highest BCUT2D eigenvalue weighted by atomic mass is 79.9. The summed E-state index contributed by atoms with van der Waals surface area (Å²) in [6.07, 6.45) is 0. The third kappa shape index (κ3) is 3.84. The molecule has 0 aromatic heterocycles. The summed E-state index contributed by atoms with van der Waals surface area (Å²) in [5, 5.41) is 12.2. The lowest BCUT2D eigenvalue weighted by atomic mass is 10.2. The van der Waals surface area contributed by atoms with Gasteiger partial charge in [-0.05, 0) is 31.8 Å². The molecule has 0 fully saturated rings. The largest absolute Gasteiger partial charge is 0.383 e. The van der Waals surface area contributed by atoms with Gasteiger partial charge in [-0.25, -0.2) is 0 Å². The average Bonchev–Trinajstić information content (AvgIpc) is 2.29. The van der Waals surface area contributed by atoms with Crippen molar-refractivity contribution >= 4 is 21.6 Å². The molecule has 0 aliphatic carbocycles. The highest BCUT2D eigenvalue weighted by Gasteiger charge is 2.02. The van der Waals surface area contributed by atoms with Gasteiger partial charge >= 0.3 is 0 Å². The first-order valence-corrected chi connectivity index (χ1v) is 6.08. The molecular weight excluding hydrogens is 266 g/mol. The van der Waals surface area contributed by atoms with Crippen LogP contribution in [0.1, 0.15) is 12.5 Å².